The number of rotatable bonds is 6. The van der Waals surface area contributed by atoms with Crippen LogP contribution in [0.25, 0.3) is 0 Å². The molecule has 8 nitrogen and oxygen atoms in total. The van der Waals surface area contributed by atoms with E-state index < -0.39 is 11.7 Å². The highest BCUT2D eigenvalue weighted by Gasteiger charge is 2.31. The van der Waals surface area contributed by atoms with Crippen molar-refractivity contribution in [1.82, 2.24) is 14.9 Å². The summed E-state index contributed by atoms with van der Waals surface area (Å²) in [5.41, 5.74) is 1.89. The van der Waals surface area contributed by atoms with Gasteiger partial charge < -0.3 is 24.6 Å². The van der Waals surface area contributed by atoms with E-state index in [1.807, 2.05) is 6.92 Å². The Hall–Kier alpha value is -4.02. The van der Waals surface area contributed by atoms with Gasteiger partial charge in [0.2, 0.25) is 0 Å². The number of alkyl halides is 3. The summed E-state index contributed by atoms with van der Waals surface area (Å²) in [4.78, 5) is 25.8. The van der Waals surface area contributed by atoms with Gasteiger partial charge in [0.15, 0.2) is 0 Å². The van der Waals surface area contributed by atoms with Gasteiger partial charge in [0, 0.05) is 67.7 Å². The minimum atomic E-state index is -4.41. The van der Waals surface area contributed by atoms with E-state index in [4.69, 9.17) is 9.47 Å². The highest BCUT2D eigenvalue weighted by molar-refractivity contribution is 5.90. The smallest absolute Gasteiger partial charge is 0.416 e. The lowest BCUT2D eigenvalue weighted by atomic mass is 10.0. The molecule has 1 fully saturated rings. The van der Waals surface area contributed by atoms with Crippen molar-refractivity contribution in [3.63, 3.8) is 0 Å². The summed E-state index contributed by atoms with van der Waals surface area (Å²) >= 11 is 0. The van der Waals surface area contributed by atoms with Gasteiger partial charge in [-0.05, 0) is 25.5 Å². The Balaban J connectivity index is 1.48. The van der Waals surface area contributed by atoms with Gasteiger partial charge in [-0.3, -0.25) is 0 Å². The number of aryl methyl sites for hydroxylation is 2. The standard InChI is InChI=1S/C27H30F3N5O3/c1-17-24(13-19-6-5-7-20(12-19)27(28,29)30)25(32-18(2)31-17)34-8-10-35(11-9-34)26(36)33-21-14-22(37-3)16-23(15-21)38-4/h5-7,12,14-16H,8-11,13H2,1-4H3,(H,33,36). The quantitative estimate of drug-likeness (QED) is 0.480. The molecule has 3 aromatic rings. The van der Waals surface area contributed by atoms with Gasteiger partial charge in [-0.2, -0.15) is 13.2 Å². The average molecular weight is 530 g/mol. The molecule has 2 aromatic carbocycles. The first-order valence-corrected chi connectivity index (χ1v) is 12.1. The lowest BCUT2D eigenvalue weighted by Gasteiger charge is -2.36. The fourth-order valence-electron chi connectivity index (χ4n) is 4.45. The van der Waals surface area contributed by atoms with Crippen LogP contribution < -0.4 is 19.7 Å². The fraction of sp³-hybridized carbons (Fsp3) is 0.370. The predicted molar refractivity (Wildman–Crippen MR) is 138 cm³/mol. The van der Waals surface area contributed by atoms with Crippen molar-refractivity contribution in [3.05, 3.63) is 70.7 Å². The zero-order valence-corrected chi connectivity index (χ0v) is 21.7. The first-order valence-electron chi connectivity index (χ1n) is 12.1. The number of nitrogens with one attached hydrogen (secondary N) is 1. The van der Waals surface area contributed by atoms with Gasteiger partial charge in [-0.1, -0.05) is 18.2 Å². The van der Waals surface area contributed by atoms with E-state index in [-0.39, 0.29) is 12.5 Å². The number of methoxy groups -OCH3 is 2. The van der Waals surface area contributed by atoms with Gasteiger partial charge in [-0.15, -0.1) is 0 Å². The lowest BCUT2D eigenvalue weighted by molar-refractivity contribution is -0.137. The van der Waals surface area contributed by atoms with Crippen LogP contribution in [-0.2, 0) is 12.6 Å². The second kappa shape index (κ2) is 11.2. The number of piperazine rings is 1. The minimum Gasteiger partial charge on any atom is -0.497 e. The maximum atomic E-state index is 13.2. The zero-order chi connectivity index (χ0) is 27.4. The molecule has 1 N–H and O–H groups in total. The lowest BCUT2D eigenvalue weighted by Crippen LogP contribution is -2.50. The molecule has 0 saturated carbocycles. The molecule has 0 spiro atoms. The van der Waals surface area contributed by atoms with Crippen LogP contribution in [0, 0.1) is 13.8 Å². The van der Waals surface area contributed by atoms with Crippen LogP contribution in [-0.4, -0.2) is 61.3 Å². The molecule has 38 heavy (non-hydrogen) atoms. The molecule has 1 aliphatic rings. The number of hydrogen-bond donors (Lipinski definition) is 1. The molecule has 0 bridgehead atoms. The Morgan fingerprint density at radius 1 is 0.974 bits per heavy atom. The van der Waals surface area contributed by atoms with E-state index in [1.54, 1.807) is 36.1 Å². The number of carbonyl (C=O) groups excluding carboxylic acids is 1. The second-order valence-corrected chi connectivity index (χ2v) is 9.04. The summed E-state index contributed by atoms with van der Waals surface area (Å²) in [6.45, 7) is 5.54. The highest BCUT2D eigenvalue weighted by atomic mass is 19.4. The van der Waals surface area contributed by atoms with E-state index >= 15 is 0 Å². The van der Waals surface area contributed by atoms with Crippen LogP contribution in [0.2, 0.25) is 0 Å². The molecule has 0 atom stereocenters. The maximum absolute atomic E-state index is 13.2. The molecule has 0 aliphatic carbocycles. The van der Waals surface area contributed by atoms with Crippen LogP contribution in [0.15, 0.2) is 42.5 Å². The van der Waals surface area contributed by atoms with Crippen LogP contribution >= 0.6 is 0 Å². The molecule has 2 heterocycles. The topological polar surface area (TPSA) is 79.8 Å². The largest absolute Gasteiger partial charge is 0.497 e. The Kier molecular flexibility index (Phi) is 7.94. The van der Waals surface area contributed by atoms with E-state index in [2.05, 4.69) is 20.2 Å². The van der Waals surface area contributed by atoms with E-state index in [1.165, 1.54) is 26.4 Å². The molecule has 1 saturated heterocycles. The Morgan fingerprint density at radius 2 is 1.63 bits per heavy atom. The number of aromatic nitrogens is 2. The monoisotopic (exact) mass is 529 g/mol. The molecule has 0 radical (unpaired) electrons. The molecule has 0 unspecified atom stereocenters. The van der Waals surface area contributed by atoms with Crippen molar-refractivity contribution in [2.45, 2.75) is 26.4 Å². The third-order valence-electron chi connectivity index (χ3n) is 6.41. The molecule has 1 aromatic heterocycles. The van der Waals surface area contributed by atoms with Gasteiger partial charge in [0.05, 0.1) is 19.8 Å². The number of carbonyl (C=O) groups is 1. The average Bonchev–Trinajstić information content (AvgIpc) is 2.89. The molecule has 2 amide bonds. The minimum absolute atomic E-state index is 0.251. The van der Waals surface area contributed by atoms with Crippen molar-refractivity contribution >= 4 is 17.5 Å². The van der Waals surface area contributed by atoms with E-state index in [9.17, 15) is 18.0 Å². The van der Waals surface area contributed by atoms with Crippen molar-refractivity contribution < 1.29 is 27.4 Å². The molecule has 11 heteroatoms. The highest BCUT2D eigenvalue weighted by Crippen LogP contribution is 2.32. The van der Waals surface area contributed by atoms with Crippen molar-refractivity contribution in [2.75, 3.05) is 50.6 Å². The Morgan fingerprint density at radius 3 is 2.24 bits per heavy atom. The Bertz CT molecular complexity index is 1290. The second-order valence-electron chi connectivity index (χ2n) is 9.04. The summed E-state index contributed by atoms with van der Waals surface area (Å²) in [6.07, 6.45) is -4.14. The number of hydrogen-bond acceptors (Lipinski definition) is 6. The number of benzene rings is 2. The van der Waals surface area contributed by atoms with Crippen LogP contribution in [0.5, 0.6) is 11.5 Å². The normalized spacial score (nSPS) is 13.9. The summed E-state index contributed by atoms with van der Waals surface area (Å²) in [5.74, 6) is 2.39. The number of halogens is 3. The summed E-state index contributed by atoms with van der Waals surface area (Å²) in [6, 6.07) is 10.2. The molecule has 1 aliphatic heterocycles. The maximum Gasteiger partial charge on any atom is 0.416 e. The van der Waals surface area contributed by atoms with Crippen LogP contribution in [0.3, 0.4) is 0 Å². The fourth-order valence-corrected chi connectivity index (χ4v) is 4.45. The number of amides is 2. The Labute approximate surface area is 219 Å². The number of ether oxygens (including phenoxy) is 2. The first-order chi connectivity index (χ1) is 18.1. The molecular formula is C27H30F3N5O3. The third kappa shape index (κ3) is 6.27. The van der Waals surface area contributed by atoms with E-state index in [0.29, 0.717) is 60.6 Å². The molecule has 4 rings (SSSR count). The van der Waals surface area contributed by atoms with Crippen molar-refractivity contribution in [1.29, 1.82) is 0 Å². The zero-order valence-electron chi connectivity index (χ0n) is 21.7. The number of anilines is 2. The number of urea groups is 1. The first kappa shape index (κ1) is 27.0. The third-order valence-corrected chi connectivity index (χ3v) is 6.41. The SMILES string of the molecule is COc1cc(NC(=O)N2CCN(c3nc(C)nc(C)c3Cc3cccc(C(F)(F)F)c3)CC2)cc(OC)c1. The summed E-state index contributed by atoms with van der Waals surface area (Å²) in [7, 11) is 3.08. The van der Waals surface area contributed by atoms with E-state index in [0.717, 1.165) is 17.3 Å². The van der Waals surface area contributed by atoms with Gasteiger partial charge in [0.25, 0.3) is 0 Å². The van der Waals surface area contributed by atoms with Crippen molar-refractivity contribution in [2.24, 2.45) is 0 Å². The predicted octanol–water partition coefficient (Wildman–Crippen LogP) is 5.07. The summed E-state index contributed by atoms with van der Waals surface area (Å²) < 4.78 is 50.3. The number of nitrogens with zero attached hydrogens (tertiary/aromatic N) is 4. The van der Waals surface area contributed by atoms with Crippen LogP contribution in [0.1, 0.15) is 28.2 Å². The molecular weight excluding hydrogens is 499 g/mol. The van der Waals surface area contributed by atoms with Gasteiger partial charge >= 0.3 is 12.2 Å². The molecule has 202 valence electrons. The van der Waals surface area contributed by atoms with Crippen molar-refractivity contribution in [3.8, 4) is 11.5 Å². The summed E-state index contributed by atoms with van der Waals surface area (Å²) in [5, 5.41) is 2.89. The van der Waals surface area contributed by atoms with Gasteiger partial charge in [-0.25, -0.2) is 14.8 Å². The van der Waals surface area contributed by atoms with Gasteiger partial charge in [0.1, 0.15) is 23.1 Å². The van der Waals surface area contributed by atoms with Crippen LogP contribution in [0.4, 0.5) is 29.5 Å².